The summed E-state index contributed by atoms with van der Waals surface area (Å²) in [5, 5.41) is 6.30. The highest BCUT2D eigenvalue weighted by Crippen LogP contribution is 2.24. The second-order valence-corrected chi connectivity index (χ2v) is 4.75. The van der Waals surface area contributed by atoms with Gasteiger partial charge in [-0.05, 0) is 33.1 Å². The van der Waals surface area contributed by atoms with Crippen molar-refractivity contribution in [3.05, 3.63) is 0 Å². The first-order valence-electron chi connectivity index (χ1n) is 6.63. The molecule has 1 fully saturated rings. The molecule has 1 aliphatic carbocycles. The first kappa shape index (κ1) is 14.0. The van der Waals surface area contributed by atoms with Gasteiger partial charge in [0.25, 0.3) is 0 Å². The molecule has 0 aromatic carbocycles. The van der Waals surface area contributed by atoms with Gasteiger partial charge >= 0.3 is 0 Å². The largest absolute Gasteiger partial charge is 0.343 e. The smallest absolute Gasteiger partial charge is 0.231 e. The van der Waals surface area contributed by atoms with Crippen LogP contribution in [-0.2, 0) is 4.79 Å². The molecule has 98 valence electrons. The van der Waals surface area contributed by atoms with E-state index in [4.69, 9.17) is 0 Å². The lowest BCUT2D eigenvalue weighted by Crippen LogP contribution is -2.41. The minimum absolute atomic E-state index is 0.0195. The van der Waals surface area contributed by atoms with Gasteiger partial charge in [0.2, 0.25) is 5.91 Å². The molecule has 0 aromatic heterocycles. The molecule has 0 radical (unpaired) electrons. The highest BCUT2D eigenvalue weighted by molar-refractivity contribution is 6.04. The van der Waals surface area contributed by atoms with E-state index >= 15 is 0 Å². The summed E-state index contributed by atoms with van der Waals surface area (Å²) in [5.74, 6) is 0.279. The SMILES string of the molecule is CCN(CC)C(=O)C1CCCC/C1=N\N(C)C. The van der Waals surface area contributed by atoms with Crippen LogP contribution in [0.15, 0.2) is 5.10 Å². The summed E-state index contributed by atoms with van der Waals surface area (Å²) in [5.41, 5.74) is 1.07. The quantitative estimate of drug-likeness (QED) is 0.703. The van der Waals surface area contributed by atoms with E-state index in [0.717, 1.165) is 44.5 Å². The number of hydrazone groups is 1. The topological polar surface area (TPSA) is 35.9 Å². The Bertz CT molecular complexity index is 282. The molecular weight excluding hydrogens is 214 g/mol. The zero-order chi connectivity index (χ0) is 12.8. The van der Waals surface area contributed by atoms with Crippen LogP contribution in [0.5, 0.6) is 0 Å². The maximum atomic E-state index is 12.4. The van der Waals surface area contributed by atoms with E-state index in [9.17, 15) is 4.79 Å². The average molecular weight is 239 g/mol. The number of carbonyl (C=O) groups is 1. The molecule has 17 heavy (non-hydrogen) atoms. The molecule has 1 atom stereocenters. The van der Waals surface area contributed by atoms with Gasteiger partial charge in [-0.2, -0.15) is 5.10 Å². The fourth-order valence-electron chi connectivity index (χ4n) is 2.39. The van der Waals surface area contributed by atoms with Gasteiger partial charge in [-0.1, -0.05) is 6.42 Å². The number of rotatable bonds is 4. The molecule has 0 N–H and O–H groups in total. The molecule has 0 heterocycles. The third-order valence-electron chi connectivity index (χ3n) is 3.28. The Hall–Kier alpha value is -1.06. The molecule has 0 aliphatic heterocycles. The Morgan fingerprint density at radius 3 is 2.47 bits per heavy atom. The van der Waals surface area contributed by atoms with Crippen molar-refractivity contribution in [3.8, 4) is 0 Å². The van der Waals surface area contributed by atoms with E-state index in [1.165, 1.54) is 0 Å². The molecule has 4 heteroatoms. The number of amides is 1. The summed E-state index contributed by atoms with van der Waals surface area (Å²) in [6.07, 6.45) is 4.23. The van der Waals surface area contributed by atoms with Crippen molar-refractivity contribution in [1.82, 2.24) is 9.91 Å². The van der Waals surface area contributed by atoms with Crippen molar-refractivity contribution in [1.29, 1.82) is 0 Å². The van der Waals surface area contributed by atoms with E-state index in [-0.39, 0.29) is 11.8 Å². The van der Waals surface area contributed by atoms with Crippen LogP contribution in [0.2, 0.25) is 0 Å². The average Bonchev–Trinajstić information content (AvgIpc) is 2.30. The van der Waals surface area contributed by atoms with Crippen LogP contribution < -0.4 is 0 Å². The van der Waals surface area contributed by atoms with Gasteiger partial charge < -0.3 is 9.91 Å². The van der Waals surface area contributed by atoms with Gasteiger partial charge in [-0.3, -0.25) is 4.79 Å². The Labute approximate surface area is 105 Å². The lowest BCUT2D eigenvalue weighted by atomic mass is 9.86. The Kier molecular flexibility index (Phi) is 5.45. The van der Waals surface area contributed by atoms with Crippen molar-refractivity contribution in [2.45, 2.75) is 39.5 Å². The van der Waals surface area contributed by atoms with Crippen LogP contribution in [0, 0.1) is 5.92 Å². The number of nitrogens with zero attached hydrogens (tertiary/aromatic N) is 3. The molecule has 1 saturated carbocycles. The molecule has 1 unspecified atom stereocenters. The van der Waals surface area contributed by atoms with Crippen molar-refractivity contribution >= 4 is 11.6 Å². The summed E-state index contributed by atoms with van der Waals surface area (Å²) in [6, 6.07) is 0. The maximum Gasteiger partial charge on any atom is 0.231 e. The second-order valence-electron chi connectivity index (χ2n) is 4.75. The van der Waals surface area contributed by atoms with E-state index < -0.39 is 0 Å². The van der Waals surface area contributed by atoms with Gasteiger partial charge in [0, 0.05) is 27.2 Å². The Morgan fingerprint density at radius 1 is 1.29 bits per heavy atom. The lowest BCUT2D eigenvalue weighted by Gasteiger charge is -2.29. The molecule has 0 saturated heterocycles. The number of carbonyl (C=O) groups excluding carboxylic acids is 1. The molecular formula is C13H25N3O. The van der Waals surface area contributed by atoms with E-state index in [1.54, 1.807) is 0 Å². The highest BCUT2D eigenvalue weighted by Gasteiger charge is 2.30. The third kappa shape index (κ3) is 3.72. The fraction of sp³-hybridized carbons (Fsp3) is 0.846. The predicted octanol–water partition coefficient (Wildman–Crippen LogP) is 1.96. The maximum absolute atomic E-state index is 12.4. The van der Waals surface area contributed by atoms with Crippen molar-refractivity contribution in [2.75, 3.05) is 27.2 Å². The van der Waals surface area contributed by atoms with Gasteiger partial charge in [0.15, 0.2) is 0 Å². The molecule has 4 nitrogen and oxygen atoms in total. The molecule has 0 aromatic rings. The van der Waals surface area contributed by atoms with Crippen LogP contribution in [0.3, 0.4) is 0 Å². The molecule has 1 amide bonds. The van der Waals surface area contributed by atoms with Crippen molar-refractivity contribution in [3.63, 3.8) is 0 Å². The number of hydrogen-bond donors (Lipinski definition) is 0. The van der Waals surface area contributed by atoms with Gasteiger partial charge in [0.1, 0.15) is 0 Å². The molecule has 1 aliphatic rings. The van der Waals surface area contributed by atoms with Crippen LogP contribution in [0.1, 0.15) is 39.5 Å². The summed E-state index contributed by atoms with van der Waals surface area (Å²) in [7, 11) is 3.83. The normalized spacial score (nSPS) is 22.6. The lowest BCUT2D eigenvalue weighted by molar-refractivity contribution is -0.133. The van der Waals surface area contributed by atoms with Crippen LogP contribution in [0.25, 0.3) is 0 Å². The second kappa shape index (κ2) is 6.62. The van der Waals surface area contributed by atoms with Crippen LogP contribution in [-0.4, -0.2) is 48.7 Å². The summed E-state index contributed by atoms with van der Waals surface area (Å²) in [6.45, 7) is 5.65. The monoisotopic (exact) mass is 239 g/mol. The predicted molar refractivity (Wildman–Crippen MR) is 71.0 cm³/mol. The standard InChI is InChI=1S/C13H25N3O/c1-5-16(6-2)13(17)11-9-7-8-10-12(11)14-15(3)4/h11H,5-10H2,1-4H3/b14-12+. The minimum atomic E-state index is 0.0195. The highest BCUT2D eigenvalue weighted by atomic mass is 16.2. The fourth-order valence-corrected chi connectivity index (χ4v) is 2.39. The summed E-state index contributed by atoms with van der Waals surface area (Å²) >= 11 is 0. The van der Waals surface area contributed by atoms with Crippen molar-refractivity contribution in [2.24, 2.45) is 11.0 Å². The van der Waals surface area contributed by atoms with Crippen molar-refractivity contribution < 1.29 is 4.79 Å². The zero-order valence-corrected chi connectivity index (χ0v) is 11.6. The Balaban J connectivity index is 2.80. The van der Waals surface area contributed by atoms with Crippen LogP contribution in [0.4, 0.5) is 0 Å². The van der Waals surface area contributed by atoms with E-state index in [2.05, 4.69) is 5.10 Å². The zero-order valence-electron chi connectivity index (χ0n) is 11.6. The number of hydrogen-bond acceptors (Lipinski definition) is 3. The molecule has 0 bridgehead atoms. The third-order valence-corrected chi connectivity index (χ3v) is 3.28. The molecule has 0 spiro atoms. The van der Waals surface area contributed by atoms with E-state index in [1.807, 2.05) is 37.9 Å². The van der Waals surface area contributed by atoms with Crippen LogP contribution >= 0.6 is 0 Å². The first-order chi connectivity index (χ1) is 8.10. The molecule has 1 rings (SSSR count). The Morgan fingerprint density at radius 2 is 1.94 bits per heavy atom. The van der Waals surface area contributed by atoms with Gasteiger partial charge in [0.05, 0.1) is 11.6 Å². The summed E-state index contributed by atoms with van der Waals surface area (Å²) < 4.78 is 0. The first-order valence-corrected chi connectivity index (χ1v) is 6.63. The van der Waals surface area contributed by atoms with Gasteiger partial charge in [-0.15, -0.1) is 0 Å². The van der Waals surface area contributed by atoms with Gasteiger partial charge in [-0.25, -0.2) is 0 Å². The minimum Gasteiger partial charge on any atom is -0.343 e. The van der Waals surface area contributed by atoms with E-state index in [0.29, 0.717) is 0 Å². The summed E-state index contributed by atoms with van der Waals surface area (Å²) in [4.78, 5) is 14.3.